The Morgan fingerprint density at radius 1 is 1.10 bits per heavy atom. The molecule has 2 aliphatic carbocycles. The first-order valence-corrected chi connectivity index (χ1v) is 8.27. The van der Waals surface area contributed by atoms with Crippen LogP contribution >= 0.6 is 0 Å². The molecule has 1 saturated heterocycles. The Labute approximate surface area is 122 Å². The van der Waals surface area contributed by atoms with E-state index < -0.39 is 0 Å². The summed E-state index contributed by atoms with van der Waals surface area (Å²) in [6.07, 6.45) is 10.0. The summed E-state index contributed by atoms with van der Waals surface area (Å²) in [6, 6.07) is 0. The zero-order valence-corrected chi connectivity index (χ0v) is 12.7. The van der Waals surface area contributed by atoms with Crippen molar-refractivity contribution in [2.24, 2.45) is 11.8 Å². The van der Waals surface area contributed by atoms with Crippen molar-refractivity contribution in [3.63, 3.8) is 0 Å². The Hall–Kier alpha value is -0.830. The summed E-state index contributed by atoms with van der Waals surface area (Å²) in [6.45, 7) is 7.15. The number of nitrogens with zero attached hydrogens (tertiary/aromatic N) is 1. The van der Waals surface area contributed by atoms with Gasteiger partial charge in [-0.3, -0.25) is 4.79 Å². The second kappa shape index (κ2) is 5.51. The van der Waals surface area contributed by atoms with Crippen molar-refractivity contribution in [3.05, 3.63) is 12.2 Å². The second-order valence-corrected chi connectivity index (χ2v) is 6.80. The SMILES string of the molecule is C=C(C)C(=O)N1CCOC1(C1CCCC1)C1CCCC1. The summed E-state index contributed by atoms with van der Waals surface area (Å²) in [5, 5.41) is 0. The highest BCUT2D eigenvalue weighted by molar-refractivity contribution is 5.92. The van der Waals surface area contributed by atoms with Crippen LogP contribution in [-0.4, -0.2) is 29.7 Å². The number of carbonyl (C=O) groups excluding carboxylic acids is 1. The van der Waals surface area contributed by atoms with Crippen LogP contribution in [0.3, 0.4) is 0 Å². The molecule has 1 heterocycles. The third-order valence-corrected chi connectivity index (χ3v) is 5.56. The van der Waals surface area contributed by atoms with E-state index in [4.69, 9.17) is 4.74 Å². The average molecular weight is 277 g/mol. The fourth-order valence-corrected chi connectivity index (χ4v) is 4.73. The summed E-state index contributed by atoms with van der Waals surface area (Å²) in [5.74, 6) is 1.19. The maximum Gasteiger partial charge on any atom is 0.251 e. The van der Waals surface area contributed by atoms with Gasteiger partial charge in [-0.1, -0.05) is 32.3 Å². The van der Waals surface area contributed by atoms with E-state index in [1.807, 2.05) is 6.92 Å². The molecule has 0 aromatic rings. The van der Waals surface area contributed by atoms with Crippen molar-refractivity contribution in [2.45, 2.75) is 64.0 Å². The van der Waals surface area contributed by atoms with Crippen molar-refractivity contribution in [1.29, 1.82) is 0 Å². The zero-order chi connectivity index (χ0) is 14.2. The number of rotatable bonds is 3. The van der Waals surface area contributed by atoms with Crippen LogP contribution in [0.25, 0.3) is 0 Å². The third-order valence-electron chi connectivity index (χ3n) is 5.56. The average Bonchev–Trinajstić information content (AvgIpc) is 3.17. The van der Waals surface area contributed by atoms with Crippen molar-refractivity contribution in [3.8, 4) is 0 Å². The minimum absolute atomic E-state index is 0.112. The normalized spacial score (nSPS) is 27.4. The first-order valence-electron chi connectivity index (χ1n) is 8.27. The van der Waals surface area contributed by atoms with Gasteiger partial charge in [-0.05, 0) is 32.6 Å². The van der Waals surface area contributed by atoms with Gasteiger partial charge in [-0.15, -0.1) is 0 Å². The minimum atomic E-state index is -0.303. The van der Waals surface area contributed by atoms with Gasteiger partial charge in [0.2, 0.25) is 0 Å². The lowest BCUT2D eigenvalue weighted by Gasteiger charge is -2.46. The van der Waals surface area contributed by atoms with E-state index >= 15 is 0 Å². The fraction of sp³-hybridized carbons (Fsp3) is 0.824. The van der Waals surface area contributed by atoms with Gasteiger partial charge in [0.05, 0.1) is 6.61 Å². The molecule has 112 valence electrons. The van der Waals surface area contributed by atoms with Crippen molar-refractivity contribution < 1.29 is 9.53 Å². The maximum atomic E-state index is 12.6. The van der Waals surface area contributed by atoms with Crippen molar-refractivity contribution in [1.82, 2.24) is 4.90 Å². The number of hydrogen-bond acceptors (Lipinski definition) is 2. The van der Waals surface area contributed by atoms with E-state index in [1.54, 1.807) is 0 Å². The van der Waals surface area contributed by atoms with Crippen LogP contribution in [0.2, 0.25) is 0 Å². The smallest absolute Gasteiger partial charge is 0.251 e. The van der Waals surface area contributed by atoms with E-state index in [9.17, 15) is 4.79 Å². The summed E-state index contributed by atoms with van der Waals surface area (Å²) in [7, 11) is 0. The maximum absolute atomic E-state index is 12.6. The predicted molar refractivity (Wildman–Crippen MR) is 79.1 cm³/mol. The van der Waals surface area contributed by atoms with E-state index in [2.05, 4.69) is 11.5 Å². The van der Waals surface area contributed by atoms with E-state index in [0.29, 0.717) is 24.0 Å². The molecule has 1 amide bonds. The molecule has 0 bridgehead atoms. The van der Waals surface area contributed by atoms with E-state index in [-0.39, 0.29) is 11.6 Å². The van der Waals surface area contributed by atoms with E-state index in [1.165, 1.54) is 51.4 Å². The van der Waals surface area contributed by atoms with Crippen LogP contribution in [0.15, 0.2) is 12.2 Å². The van der Waals surface area contributed by atoms with Crippen molar-refractivity contribution in [2.75, 3.05) is 13.2 Å². The van der Waals surface area contributed by atoms with Gasteiger partial charge in [0, 0.05) is 24.0 Å². The molecule has 3 fully saturated rings. The number of ether oxygens (including phenoxy) is 1. The van der Waals surface area contributed by atoms with Crippen LogP contribution < -0.4 is 0 Å². The predicted octanol–water partition coefficient (Wildman–Crippen LogP) is 3.50. The largest absolute Gasteiger partial charge is 0.353 e. The molecule has 20 heavy (non-hydrogen) atoms. The highest BCUT2D eigenvalue weighted by Gasteiger charge is 2.56. The van der Waals surface area contributed by atoms with Gasteiger partial charge in [-0.25, -0.2) is 0 Å². The quantitative estimate of drug-likeness (QED) is 0.739. The van der Waals surface area contributed by atoms with Crippen LogP contribution in [0.1, 0.15) is 58.3 Å². The van der Waals surface area contributed by atoms with Gasteiger partial charge >= 0.3 is 0 Å². The second-order valence-electron chi connectivity index (χ2n) is 6.80. The molecule has 0 atom stereocenters. The Kier molecular flexibility index (Phi) is 3.89. The monoisotopic (exact) mass is 277 g/mol. The summed E-state index contributed by atoms with van der Waals surface area (Å²) in [4.78, 5) is 14.7. The molecule has 0 aromatic carbocycles. The van der Waals surface area contributed by atoms with Gasteiger partial charge in [0.15, 0.2) is 0 Å². The Balaban J connectivity index is 1.94. The third kappa shape index (κ3) is 2.11. The Morgan fingerprint density at radius 2 is 1.60 bits per heavy atom. The molecule has 3 rings (SSSR count). The lowest BCUT2D eigenvalue weighted by Crippen LogP contribution is -2.57. The molecule has 1 aliphatic heterocycles. The molecule has 0 radical (unpaired) electrons. The highest BCUT2D eigenvalue weighted by atomic mass is 16.5. The first-order chi connectivity index (χ1) is 9.66. The molecule has 2 saturated carbocycles. The lowest BCUT2D eigenvalue weighted by molar-refractivity contribution is -0.176. The minimum Gasteiger partial charge on any atom is -0.353 e. The van der Waals surface area contributed by atoms with Crippen LogP contribution in [0.5, 0.6) is 0 Å². The fourth-order valence-electron chi connectivity index (χ4n) is 4.73. The molecular formula is C17H27NO2. The van der Waals surface area contributed by atoms with Gasteiger partial charge < -0.3 is 9.64 Å². The molecule has 3 nitrogen and oxygen atoms in total. The van der Waals surface area contributed by atoms with Gasteiger partial charge in [0.25, 0.3) is 5.91 Å². The summed E-state index contributed by atoms with van der Waals surface area (Å²) in [5.41, 5.74) is 0.346. The topological polar surface area (TPSA) is 29.5 Å². The number of hydrogen-bond donors (Lipinski definition) is 0. The lowest BCUT2D eigenvalue weighted by atomic mass is 9.80. The molecule has 3 aliphatic rings. The van der Waals surface area contributed by atoms with Crippen LogP contribution in [-0.2, 0) is 9.53 Å². The first kappa shape index (κ1) is 14.1. The van der Waals surface area contributed by atoms with Gasteiger partial charge in [0.1, 0.15) is 5.72 Å². The molecule has 3 heteroatoms. The standard InChI is InChI=1S/C17H27NO2/c1-13(2)16(19)18-11-12-20-17(18,14-7-3-4-8-14)15-9-5-6-10-15/h14-15H,1,3-12H2,2H3. The summed E-state index contributed by atoms with van der Waals surface area (Å²) >= 11 is 0. The highest BCUT2D eigenvalue weighted by Crippen LogP contribution is 2.50. The van der Waals surface area contributed by atoms with E-state index in [0.717, 1.165) is 6.54 Å². The number of carbonyl (C=O) groups is 1. The van der Waals surface area contributed by atoms with Gasteiger partial charge in [-0.2, -0.15) is 0 Å². The molecule has 0 aromatic heterocycles. The van der Waals surface area contributed by atoms with Crippen LogP contribution in [0.4, 0.5) is 0 Å². The molecule has 0 N–H and O–H groups in total. The number of amides is 1. The molecular weight excluding hydrogens is 250 g/mol. The zero-order valence-electron chi connectivity index (χ0n) is 12.7. The Bertz CT molecular complexity index is 376. The van der Waals surface area contributed by atoms with Crippen molar-refractivity contribution >= 4 is 5.91 Å². The molecule has 0 unspecified atom stereocenters. The Morgan fingerprint density at radius 3 is 2.05 bits per heavy atom. The van der Waals surface area contributed by atoms with Crippen LogP contribution in [0, 0.1) is 11.8 Å². The summed E-state index contributed by atoms with van der Waals surface area (Å²) < 4.78 is 6.36. The molecule has 0 spiro atoms.